The molecule has 1 aromatic heterocycles. The number of anilines is 1. The number of amides is 1. The molecule has 3 aromatic rings. The highest BCUT2D eigenvalue weighted by atomic mass is 32.2. The van der Waals surface area contributed by atoms with E-state index in [1.165, 1.54) is 10.9 Å². The lowest BCUT2D eigenvalue weighted by Gasteiger charge is -2.28. The van der Waals surface area contributed by atoms with Gasteiger partial charge in [0, 0.05) is 62.3 Å². The van der Waals surface area contributed by atoms with Crippen LogP contribution in [0.1, 0.15) is 41.3 Å². The van der Waals surface area contributed by atoms with Gasteiger partial charge >= 0.3 is 0 Å². The van der Waals surface area contributed by atoms with E-state index in [1.54, 1.807) is 11.9 Å². The highest BCUT2D eigenvalue weighted by Crippen LogP contribution is 2.38. The van der Waals surface area contributed by atoms with E-state index in [9.17, 15) is 9.90 Å². The molecule has 8 heteroatoms. The number of ether oxygens (including phenoxy) is 1. The first-order valence-corrected chi connectivity index (χ1v) is 14.3. The van der Waals surface area contributed by atoms with Crippen molar-refractivity contribution in [1.82, 2.24) is 15.2 Å². The summed E-state index contributed by atoms with van der Waals surface area (Å²) in [5, 5.41) is 19.1. The van der Waals surface area contributed by atoms with E-state index in [-0.39, 0.29) is 5.91 Å². The van der Waals surface area contributed by atoms with Gasteiger partial charge in [0.05, 0.1) is 23.3 Å². The summed E-state index contributed by atoms with van der Waals surface area (Å²) >= 11 is 1.78. The zero-order chi connectivity index (χ0) is 25.8. The summed E-state index contributed by atoms with van der Waals surface area (Å²) < 4.78 is 9.88. The minimum atomic E-state index is -0.721. The first-order chi connectivity index (χ1) is 18.0. The van der Waals surface area contributed by atoms with Crippen LogP contribution in [0.2, 0.25) is 0 Å². The molecule has 0 bridgehead atoms. The molecule has 7 nitrogen and oxygen atoms in total. The fourth-order valence-electron chi connectivity index (χ4n) is 5.42. The smallest absolute Gasteiger partial charge is 0.251 e. The third-order valence-corrected chi connectivity index (χ3v) is 8.52. The van der Waals surface area contributed by atoms with Crippen molar-refractivity contribution in [3.63, 3.8) is 0 Å². The molecule has 0 radical (unpaired) electrons. The van der Waals surface area contributed by atoms with Crippen LogP contribution >= 0.6 is 11.9 Å². The maximum Gasteiger partial charge on any atom is 0.251 e. The van der Waals surface area contributed by atoms with Gasteiger partial charge in [0.25, 0.3) is 5.91 Å². The number of aromatic nitrogens is 1. The standard InChI is InChI=1S/C29H38N4O3S/c1-3-33-19-21-11-14-37-32(2)25-16-22(17-26(33)28(21)25)29(35)31-24(15-20-7-5-4-6-8-20)27(34)18-30-23-9-12-36-13-10-23/h4-8,16-17,19,23-24,27,30,34H,3,9-15,18H2,1-2H3,(H,31,35)/t24-,27+/m0/s1. The number of hydrogen-bond acceptors (Lipinski definition) is 6. The Morgan fingerprint density at radius 3 is 2.76 bits per heavy atom. The molecular weight excluding hydrogens is 484 g/mol. The Balaban J connectivity index is 1.39. The molecule has 5 rings (SSSR count). The van der Waals surface area contributed by atoms with Crippen LogP contribution in [0.4, 0.5) is 5.69 Å². The zero-order valence-electron chi connectivity index (χ0n) is 21.8. The fourth-order valence-corrected chi connectivity index (χ4v) is 6.28. The van der Waals surface area contributed by atoms with E-state index in [2.05, 4.69) is 39.7 Å². The van der Waals surface area contributed by atoms with Crippen LogP contribution < -0.4 is 14.9 Å². The van der Waals surface area contributed by atoms with Crippen molar-refractivity contribution < 1.29 is 14.6 Å². The fraction of sp³-hybridized carbons (Fsp3) is 0.483. The van der Waals surface area contributed by atoms with E-state index in [0.29, 0.717) is 24.6 Å². The van der Waals surface area contributed by atoms with Gasteiger partial charge in [-0.15, -0.1) is 0 Å². The van der Waals surface area contributed by atoms with Gasteiger partial charge in [-0.2, -0.15) is 0 Å². The van der Waals surface area contributed by atoms with Crippen molar-refractivity contribution in [2.75, 3.05) is 36.9 Å². The molecule has 3 N–H and O–H groups in total. The molecule has 0 aliphatic carbocycles. The Kier molecular flexibility index (Phi) is 8.39. The minimum absolute atomic E-state index is 0.155. The first kappa shape index (κ1) is 26.1. The second-order valence-electron chi connectivity index (χ2n) is 10.0. The molecular formula is C29H38N4O3S. The van der Waals surface area contributed by atoms with Crippen LogP contribution in [0.3, 0.4) is 0 Å². The Hall–Kier alpha value is -2.52. The molecule has 37 heavy (non-hydrogen) atoms. The molecule has 2 aliphatic rings. The van der Waals surface area contributed by atoms with Crippen LogP contribution in [0.5, 0.6) is 0 Å². The summed E-state index contributed by atoms with van der Waals surface area (Å²) in [5.74, 6) is 0.860. The number of nitrogens with zero attached hydrogens (tertiary/aromatic N) is 2. The average Bonchev–Trinajstić information content (AvgIpc) is 3.20. The Morgan fingerprint density at radius 1 is 1.22 bits per heavy atom. The maximum absolute atomic E-state index is 13.7. The van der Waals surface area contributed by atoms with Gasteiger partial charge in [-0.25, -0.2) is 0 Å². The summed E-state index contributed by atoms with van der Waals surface area (Å²) in [6, 6.07) is 14.0. The number of aliphatic hydroxyl groups excluding tert-OH is 1. The van der Waals surface area contributed by atoms with Gasteiger partial charge in [-0.1, -0.05) is 30.3 Å². The van der Waals surface area contributed by atoms with Crippen molar-refractivity contribution in [2.45, 2.75) is 57.3 Å². The van der Waals surface area contributed by atoms with Crippen LogP contribution in [0.15, 0.2) is 48.7 Å². The number of aryl methyl sites for hydroxylation is 2. The second-order valence-corrected chi connectivity index (χ2v) is 11.3. The number of rotatable bonds is 9. The average molecular weight is 523 g/mol. The minimum Gasteiger partial charge on any atom is -0.390 e. The van der Waals surface area contributed by atoms with E-state index in [0.717, 1.165) is 61.5 Å². The van der Waals surface area contributed by atoms with Crippen molar-refractivity contribution in [2.24, 2.45) is 0 Å². The van der Waals surface area contributed by atoms with Crippen LogP contribution in [0, 0.1) is 0 Å². The summed E-state index contributed by atoms with van der Waals surface area (Å²) in [6.45, 7) is 4.91. The summed E-state index contributed by atoms with van der Waals surface area (Å²) in [6.07, 6.45) is 4.97. The highest BCUT2D eigenvalue weighted by Gasteiger charge is 2.26. The molecule has 3 heterocycles. The second kappa shape index (κ2) is 11.9. The Labute approximate surface area is 223 Å². The highest BCUT2D eigenvalue weighted by molar-refractivity contribution is 8.00. The van der Waals surface area contributed by atoms with Crippen LogP contribution in [0.25, 0.3) is 10.9 Å². The summed E-state index contributed by atoms with van der Waals surface area (Å²) in [5.41, 5.74) is 5.22. The molecule has 2 atom stereocenters. The zero-order valence-corrected chi connectivity index (χ0v) is 22.6. The molecule has 198 valence electrons. The van der Waals surface area contributed by atoms with Crippen LogP contribution in [-0.2, 0) is 24.1 Å². The SMILES string of the molecule is CCn1cc2c3c(cc(C(=O)N[C@@H](Cc4ccccc4)[C@H](O)CNC4CCOCC4)cc31)N(C)SCC2. The number of hydrogen-bond donors (Lipinski definition) is 3. The van der Waals surface area contributed by atoms with E-state index < -0.39 is 12.1 Å². The van der Waals surface area contributed by atoms with Crippen molar-refractivity contribution >= 4 is 34.4 Å². The van der Waals surface area contributed by atoms with Gasteiger partial charge in [0.15, 0.2) is 0 Å². The number of carbonyl (C=O) groups is 1. The lowest BCUT2D eigenvalue weighted by Crippen LogP contribution is -2.50. The molecule has 0 spiro atoms. The largest absolute Gasteiger partial charge is 0.390 e. The van der Waals surface area contributed by atoms with Gasteiger partial charge < -0.3 is 29.3 Å². The lowest BCUT2D eigenvalue weighted by molar-refractivity contribution is 0.0657. The van der Waals surface area contributed by atoms with Gasteiger partial charge in [0.2, 0.25) is 0 Å². The Morgan fingerprint density at radius 2 is 2.00 bits per heavy atom. The van der Waals surface area contributed by atoms with E-state index >= 15 is 0 Å². The summed E-state index contributed by atoms with van der Waals surface area (Å²) in [4.78, 5) is 13.7. The quantitative estimate of drug-likeness (QED) is 0.372. The summed E-state index contributed by atoms with van der Waals surface area (Å²) in [7, 11) is 2.07. The van der Waals surface area contributed by atoms with Crippen molar-refractivity contribution in [3.8, 4) is 0 Å². The predicted octanol–water partition coefficient (Wildman–Crippen LogP) is 3.77. The molecule has 2 aromatic carbocycles. The predicted molar refractivity (Wildman–Crippen MR) is 151 cm³/mol. The molecule has 1 fully saturated rings. The number of nitrogens with one attached hydrogen (secondary N) is 2. The third kappa shape index (κ3) is 5.98. The monoisotopic (exact) mass is 522 g/mol. The molecule has 2 aliphatic heterocycles. The van der Waals surface area contributed by atoms with Gasteiger partial charge in [-0.05, 0) is 67.8 Å². The maximum atomic E-state index is 13.7. The number of carbonyl (C=O) groups excluding carboxylic acids is 1. The van der Waals surface area contributed by atoms with Crippen LogP contribution in [-0.4, -0.2) is 66.3 Å². The molecule has 0 saturated carbocycles. The molecule has 1 amide bonds. The Bertz CT molecular complexity index is 1210. The van der Waals surface area contributed by atoms with Gasteiger partial charge in [0.1, 0.15) is 0 Å². The third-order valence-electron chi connectivity index (χ3n) is 7.55. The molecule has 1 saturated heterocycles. The topological polar surface area (TPSA) is 78.8 Å². The van der Waals surface area contributed by atoms with Crippen molar-refractivity contribution in [1.29, 1.82) is 0 Å². The van der Waals surface area contributed by atoms with Crippen molar-refractivity contribution in [3.05, 3.63) is 65.4 Å². The molecule has 0 unspecified atom stereocenters. The van der Waals surface area contributed by atoms with E-state index in [1.807, 2.05) is 42.5 Å². The van der Waals surface area contributed by atoms with E-state index in [4.69, 9.17) is 4.74 Å². The lowest BCUT2D eigenvalue weighted by atomic mass is 9.99. The number of aliphatic hydroxyl groups is 1. The number of benzene rings is 2. The van der Waals surface area contributed by atoms with Gasteiger partial charge in [-0.3, -0.25) is 4.79 Å². The first-order valence-electron chi connectivity index (χ1n) is 13.4. The normalized spacial score (nSPS) is 18.0.